The van der Waals surface area contributed by atoms with Crippen molar-refractivity contribution in [2.24, 2.45) is 0 Å². The molecule has 0 bridgehead atoms. The van der Waals surface area contributed by atoms with Crippen LogP contribution in [0.5, 0.6) is 0 Å². The van der Waals surface area contributed by atoms with E-state index >= 15 is 0 Å². The van der Waals surface area contributed by atoms with E-state index in [0.29, 0.717) is 23.8 Å². The van der Waals surface area contributed by atoms with E-state index in [9.17, 15) is 4.79 Å². The molecule has 7 heteroatoms. The van der Waals surface area contributed by atoms with Crippen molar-refractivity contribution in [3.8, 4) is 11.3 Å². The standard InChI is InChI=1S/C21H20N6O/c1-14-3-7-16(8-4-14)11-27-12-18(20(28)24-21-22-13-23-25-21)19(26-27)17-9-5-15(2)6-10-17/h3-10,12-13H,11H2,1-2H3,(H2,22,23,24,25,28). The van der Waals surface area contributed by atoms with E-state index in [-0.39, 0.29) is 5.91 Å². The largest absolute Gasteiger partial charge is 0.291 e. The molecule has 0 aliphatic heterocycles. The molecular formula is C21H20N6O. The SMILES string of the molecule is Cc1ccc(Cn2cc(C(=O)Nc3ncn[nH]3)c(-c3ccc(C)cc3)n2)cc1. The van der Waals surface area contributed by atoms with Crippen molar-refractivity contribution in [3.05, 3.63) is 83.3 Å². The summed E-state index contributed by atoms with van der Waals surface area (Å²) in [4.78, 5) is 16.8. The number of aromatic amines is 1. The number of aromatic nitrogens is 5. The van der Waals surface area contributed by atoms with Gasteiger partial charge in [-0.1, -0.05) is 59.7 Å². The van der Waals surface area contributed by atoms with Gasteiger partial charge in [0.1, 0.15) is 12.0 Å². The lowest BCUT2D eigenvalue weighted by atomic mass is 10.1. The van der Waals surface area contributed by atoms with Crippen molar-refractivity contribution in [3.63, 3.8) is 0 Å². The van der Waals surface area contributed by atoms with Crippen LogP contribution in [-0.2, 0) is 6.54 Å². The van der Waals surface area contributed by atoms with Gasteiger partial charge in [-0.05, 0) is 19.4 Å². The molecule has 0 saturated carbocycles. The van der Waals surface area contributed by atoms with Crippen LogP contribution in [0.3, 0.4) is 0 Å². The highest BCUT2D eigenvalue weighted by molar-refractivity contribution is 6.07. The highest BCUT2D eigenvalue weighted by Gasteiger charge is 2.19. The molecule has 28 heavy (non-hydrogen) atoms. The molecule has 0 radical (unpaired) electrons. The van der Waals surface area contributed by atoms with E-state index in [2.05, 4.69) is 56.8 Å². The Morgan fingerprint density at radius 2 is 1.71 bits per heavy atom. The number of hydrogen-bond donors (Lipinski definition) is 2. The topological polar surface area (TPSA) is 88.5 Å². The molecule has 0 fully saturated rings. The lowest BCUT2D eigenvalue weighted by Gasteiger charge is -2.03. The van der Waals surface area contributed by atoms with Gasteiger partial charge in [0, 0.05) is 11.8 Å². The molecular weight excluding hydrogens is 352 g/mol. The number of nitrogens with one attached hydrogen (secondary N) is 2. The van der Waals surface area contributed by atoms with E-state index in [1.807, 2.05) is 31.2 Å². The molecule has 2 N–H and O–H groups in total. The Balaban J connectivity index is 1.69. The van der Waals surface area contributed by atoms with Crippen molar-refractivity contribution in [2.45, 2.75) is 20.4 Å². The Labute approximate surface area is 162 Å². The summed E-state index contributed by atoms with van der Waals surface area (Å²) in [5.41, 5.74) is 5.46. The second-order valence-electron chi connectivity index (χ2n) is 6.73. The van der Waals surface area contributed by atoms with Crippen LogP contribution < -0.4 is 5.32 Å². The fraction of sp³-hybridized carbons (Fsp3) is 0.143. The third-order valence-electron chi connectivity index (χ3n) is 4.44. The van der Waals surface area contributed by atoms with Crippen molar-refractivity contribution in [1.29, 1.82) is 0 Å². The summed E-state index contributed by atoms with van der Waals surface area (Å²) in [5.74, 6) is 0.00798. The molecule has 4 rings (SSSR count). The molecule has 1 amide bonds. The smallest absolute Gasteiger partial charge is 0.261 e. The Kier molecular flexibility index (Phi) is 4.72. The summed E-state index contributed by atoms with van der Waals surface area (Å²) in [6.45, 7) is 4.66. The number of rotatable bonds is 5. The monoisotopic (exact) mass is 372 g/mol. The Hall–Kier alpha value is -3.74. The van der Waals surface area contributed by atoms with Crippen LogP contribution in [0.2, 0.25) is 0 Å². The van der Waals surface area contributed by atoms with Crippen LogP contribution in [0.4, 0.5) is 5.95 Å². The first-order chi connectivity index (χ1) is 13.6. The van der Waals surface area contributed by atoms with Crippen molar-refractivity contribution < 1.29 is 4.79 Å². The maximum absolute atomic E-state index is 12.8. The molecule has 0 atom stereocenters. The lowest BCUT2D eigenvalue weighted by molar-refractivity contribution is 0.102. The highest BCUT2D eigenvalue weighted by Crippen LogP contribution is 2.24. The van der Waals surface area contributed by atoms with Gasteiger partial charge in [0.25, 0.3) is 5.91 Å². The second-order valence-corrected chi connectivity index (χ2v) is 6.73. The quantitative estimate of drug-likeness (QED) is 0.560. The average molecular weight is 372 g/mol. The van der Waals surface area contributed by atoms with Gasteiger partial charge in [-0.25, -0.2) is 5.10 Å². The van der Waals surface area contributed by atoms with Crippen LogP contribution in [0.25, 0.3) is 11.3 Å². The number of aryl methyl sites for hydroxylation is 2. The number of amides is 1. The maximum Gasteiger partial charge on any atom is 0.261 e. The fourth-order valence-corrected chi connectivity index (χ4v) is 2.91. The Morgan fingerprint density at radius 3 is 2.36 bits per heavy atom. The van der Waals surface area contributed by atoms with Gasteiger partial charge in [-0.15, -0.1) is 0 Å². The van der Waals surface area contributed by atoms with Gasteiger partial charge < -0.3 is 0 Å². The number of carbonyl (C=O) groups excluding carboxylic acids is 1. The molecule has 2 heterocycles. The first-order valence-corrected chi connectivity index (χ1v) is 8.95. The summed E-state index contributed by atoms with van der Waals surface area (Å²) in [6.07, 6.45) is 3.11. The molecule has 2 aromatic carbocycles. The summed E-state index contributed by atoms with van der Waals surface area (Å²) >= 11 is 0. The number of H-pyrrole nitrogens is 1. The molecule has 7 nitrogen and oxygen atoms in total. The molecule has 0 aliphatic carbocycles. The van der Waals surface area contributed by atoms with Gasteiger partial charge >= 0.3 is 0 Å². The Morgan fingerprint density at radius 1 is 1.04 bits per heavy atom. The molecule has 0 unspecified atom stereocenters. The first kappa shape index (κ1) is 17.7. The zero-order valence-corrected chi connectivity index (χ0v) is 15.7. The van der Waals surface area contributed by atoms with Crippen molar-refractivity contribution in [1.82, 2.24) is 25.0 Å². The minimum absolute atomic E-state index is 0.289. The van der Waals surface area contributed by atoms with E-state index in [1.54, 1.807) is 10.9 Å². The summed E-state index contributed by atoms with van der Waals surface area (Å²) in [5, 5.41) is 13.8. The van der Waals surface area contributed by atoms with Crippen LogP contribution in [0, 0.1) is 13.8 Å². The van der Waals surface area contributed by atoms with Gasteiger partial charge in [-0.2, -0.15) is 15.2 Å². The first-order valence-electron chi connectivity index (χ1n) is 8.95. The molecule has 0 spiro atoms. The number of carbonyl (C=O) groups is 1. The number of benzene rings is 2. The van der Waals surface area contributed by atoms with Gasteiger partial charge in [0.2, 0.25) is 5.95 Å². The van der Waals surface area contributed by atoms with Crippen LogP contribution in [0.15, 0.2) is 61.1 Å². The van der Waals surface area contributed by atoms with Crippen LogP contribution in [-0.4, -0.2) is 30.9 Å². The van der Waals surface area contributed by atoms with Crippen LogP contribution in [0.1, 0.15) is 27.0 Å². The van der Waals surface area contributed by atoms with Gasteiger partial charge in [-0.3, -0.25) is 14.8 Å². The third kappa shape index (κ3) is 3.83. The third-order valence-corrected chi connectivity index (χ3v) is 4.44. The maximum atomic E-state index is 12.8. The number of nitrogens with zero attached hydrogens (tertiary/aromatic N) is 4. The van der Waals surface area contributed by atoms with E-state index in [1.165, 1.54) is 11.9 Å². The molecule has 0 aliphatic rings. The fourth-order valence-electron chi connectivity index (χ4n) is 2.91. The summed E-state index contributed by atoms with van der Waals surface area (Å²) < 4.78 is 1.79. The van der Waals surface area contributed by atoms with E-state index in [0.717, 1.165) is 16.7 Å². The molecule has 4 aromatic rings. The Bertz CT molecular complexity index is 1080. The summed E-state index contributed by atoms with van der Waals surface area (Å²) in [6, 6.07) is 16.2. The van der Waals surface area contributed by atoms with E-state index in [4.69, 9.17) is 0 Å². The number of anilines is 1. The molecule has 0 saturated heterocycles. The molecule has 140 valence electrons. The second kappa shape index (κ2) is 7.48. The predicted molar refractivity (Wildman–Crippen MR) is 107 cm³/mol. The minimum atomic E-state index is -0.289. The average Bonchev–Trinajstić information content (AvgIpc) is 3.34. The van der Waals surface area contributed by atoms with E-state index < -0.39 is 0 Å². The normalized spacial score (nSPS) is 10.8. The zero-order valence-electron chi connectivity index (χ0n) is 15.7. The lowest BCUT2D eigenvalue weighted by Crippen LogP contribution is -2.13. The van der Waals surface area contributed by atoms with Gasteiger partial charge in [0.05, 0.1) is 12.1 Å². The van der Waals surface area contributed by atoms with Crippen molar-refractivity contribution in [2.75, 3.05) is 5.32 Å². The highest BCUT2D eigenvalue weighted by atomic mass is 16.1. The zero-order chi connectivity index (χ0) is 19.5. The van der Waals surface area contributed by atoms with Gasteiger partial charge in [0.15, 0.2) is 0 Å². The van der Waals surface area contributed by atoms with Crippen LogP contribution >= 0.6 is 0 Å². The molecule has 2 aromatic heterocycles. The minimum Gasteiger partial charge on any atom is -0.291 e. The predicted octanol–water partition coefficient (Wildman–Crippen LogP) is 3.59. The summed E-state index contributed by atoms with van der Waals surface area (Å²) in [7, 11) is 0. The van der Waals surface area contributed by atoms with Crippen molar-refractivity contribution >= 4 is 11.9 Å². The number of hydrogen-bond acceptors (Lipinski definition) is 4.